The van der Waals surface area contributed by atoms with Crippen LogP contribution in [-0.2, 0) is 0 Å². The molecule has 3 aromatic rings. The number of benzene rings is 2. The summed E-state index contributed by atoms with van der Waals surface area (Å²) in [5.74, 6) is 0.200. The average molecular weight is 337 g/mol. The molecule has 0 bridgehead atoms. The van der Waals surface area contributed by atoms with Crippen molar-refractivity contribution in [3.8, 4) is 6.07 Å². The number of halogens is 1. The van der Waals surface area contributed by atoms with Crippen molar-refractivity contribution in [2.75, 3.05) is 11.1 Å². The SMILES string of the molecule is C=C(C#N)Sc1c(N)ccc2ncnc(Nc3ccc(F)cc3)c12. The lowest BCUT2D eigenvalue weighted by Gasteiger charge is -2.13. The summed E-state index contributed by atoms with van der Waals surface area (Å²) < 4.78 is 13.1. The highest BCUT2D eigenvalue weighted by Gasteiger charge is 2.14. The number of nitrogens with two attached hydrogens (primary N) is 1. The van der Waals surface area contributed by atoms with Gasteiger partial charge in [0.15, 0.2) is 0 Å². The summed E-state index contributed by atoms with van der Waals surface area (Å²) in [5.41, 5.74) is 7.92. The molecule has 0 atom stereocenters. The number of hydrogen-bond donors (Lipinski definition) is 2. The van der Waals surface area contributed by atoms with E-state index in [1.54, 1.807) is 24.3 Å². The molecule has 0 radical (unpaired) electrons. The second-order valence-electron chi connectivity index (χ2n) is 4.87. The number of aromatic nitrogens is 2. The minimum atomic E-state index is -0.320. The predicted molar refractivity (Wildman–Crippen MR) is 94.2 cm³/mol. The lowest BCUT2D eigenvalue weighted by molar-refractivity contribution is 0.628. The number of hydrogen-bond acceptors (Lipinski definition) is 6. The molecule has 24 heavy (non-hydrogen) atoms. The van der Waals surface area contributed by atoms with Crippen molar-refractivity contribution >= 4 is 39.9 Å². The number of nitrogen functional groups attached to an aromatic ring is 1. The van der Waals surface area contributed by atoms with Gasteiger partial charge in [-0.2, -0.15) is 5.26 Å². The minimum Gasteiger partial charge on any atom is -0.398 e. The summed E-state index contributed by atoms with van der Waals surface area (Å²) in [6.07, 6.45) is 1.43. The summed E-state index contributed by atoms with van der Waals surface area (Å²) in [6.45, 7) is 3.68. The highest BCUT2D eigenvalue weighted by molar-refractivity contribution is 8.03. The van der Waals surface area contributed by atoms with E-state index in [4.69, 9.17) is 11.0 Å². The Morgan fingerprint density at radius 1 is 1.21 bits per heavy atom. The van der Waals surface area contributed by atoms with Gasteiger partial charge < -0.3 is 11.1 Å². The molecule has 5 nitrogen and oxygen atoms in total. The monoisotopic (exact) mass is 337 g/mol. The normalized spacial score (nSPS) is 10.3. The fraction of sp³-hybridized carbons (Fsp3) is 0. The molecule has 1 heterocycles. The standard InChI is InChI=1S/C17H12FN5S/c1-10(8-19)24-16-13(20)6-7-14-15(16)17(22-9-21-14)23-12-4-2-11(18)3-5-12/h2-7,9H,1,20H2,(H,21,22,23). The van der Waals surface area contributed by atoms with Crippen LogP contribution in [0, 0.1) is 17.1 Å². The van der Waals surface area contributed by atoms with Gasteiger partial charge in [0.05, 0.1) is 15.8 Å². The number of nitriles is 1. The first kappa shape index (κ1) is 15.8. The van der Waals surface area contributed by atoms with Crippen LogP contribution in [0.2, 0.25) is 0 Å². The topological polar surface area (TPSA) is 87.6 Å². The number of nitrogens with one attached hydrogen (secondary N) is 1. The van der Waals surface area contributed by atoms with Gasteiger partial charge in [0.1, 0.15) is 24.0 Å². The van der Waals surface area contributed by atoms with Crippen molar-refractivity contribution in [3.05, 3.63) is 60.0 Å². The van der Waals surface area contributed by atoms with Gasteiger partial charge in [-0.05, 0) is 36.4 Å². The van der Waals surface area contributed by atoms with E-state index in [-0.39, 0.29) is 5.82 Å². The van der Waals surface area contributed by atoms with Crippen LogP contribution in [0.25, 0.3) is 10.9 Å². The fourth-order valence-corrected chi connectivity index (χ4v) is 2.94. The number of nitrogens with zero attached hydrogens (tertiary/aromatic N) is 3. The first-order valence-electron chi connectivity index (χ1n) is 6.91. The molecule has 0 amide bonds. The maximum absolute atomic E-state index is 13.1. The van der Waals surface area contributed by atoms with E-state index < -0.39 is 0 Å². The second kappa shape index (κ2) is 6.56. The number of anilines is 3. The number of fused-ring (bicyclic) bond motifs is 1. The van der Waals surface area contributed by atoms with Crippen molar-refractivity contribution in [2.45, 2.75) is 4.90 Å². The Hall–Kier alpha value is -3.11. The van der Waals surface area contributed by atoms with Crippen LogP contribution in [0.15, 0.2) is 59.1 Å². The molecule has 2 aromatic carbocycles. The zero-order valence-electron chi connectivity index (χ0n) is 12.5. The maximum Gasteiger partial charge on any atom is 0.142 e. The van der Waals surface area contributed by atoms with Gasteiger partial charge in [0, 0.05) is 16.3 Å². The second-order valence-corrected chi connectivity index (χ2v) is 5.97. The van der Waals surface area contributed by atoms with Gasteiger partial charge >= 0.3 is 0 Å². The molecule has 0 aliphatic rings. The first-order valence-corrected chi connectivity index (χ1v) is 7.73. The first-order chi connectivity index (χ1) is 11.6. The Morgan fingerprint density at radius 2 is 1.96 bits per heavy atom. The Bertz CT molecular complexity index is 963. The zero-order chi connectivity index (χ0) is 17.1. The van der Waals surface area contributed by atoms with Gasteiger partial charge in [-0.3, -0.25) is 0 Å². The molecule has 3 N–H and O–H groups in total. The summed E-state index contributed by atoms with van der Waals surface area (Å²) in [5, 5.41) is 12.8. The van der Waals surface area contributed by atoms with Gasteiger partial charge in [-0.15, -0.1) is 0 Å². The highest BCUT2D eigenvalue weighted by Crippen LogP contribution is 2.39. The molecule has 0 aliphatic heterocycles. The van der Waals surface area contributed by atoms with Crippen LogP contribution in [-0.4, -0.2) is 9.97 Å². The minimum absolute atomic E-state index is 0.311. The molecule has 118 valence electrons. The summed E-state index contributed by atoms with van der Waals surface area (Å²) in [6, 6.07) is 11.4. The molecule has 7 heteroatoms. The van der Waals surface area contributed by atoms with E-state index in [0.29, 0.717) is 37.9 Å². The van der Waals surface area contributed by atoms with Crippen LogP contribution in [0.4, 0.5) is 21.6 Å². The lowest BCUT2D eigenvalue weighted by Crippen LogP contribution is -1.99. The Morgan fingerprint density at radius 3 is 2.67 bits per heavy atom. The molecular weight excluding hydrogens is 325 g/mol. The van der Waals surface area contributed by atoms with Gasteiger partial charge in [0.25, 0.3) is 0 Å². The maximum atomic E-state index is 13.1. The molecule has 1 aromatic heterocycles. The van der Waals surface area contributed by atoms with Crippen molar-refractivity contribution in [1.82, 2.24) is 9.97 Å². The molecule has 0 saturated carbocycles. The average Bonchev–Trinajstić information content (AvgIpc) is 2.59. The molecule has 0 fully saturated rings. The van der Waals surface area contributed by atoms with Gasteiger partial charge in [-0.1, -0.05) is 18.3 Å². The van der Waals surface area contributed by atoms with E-state index >= 15 is 0 Å². The smallest absolute Gasteiger partial charge is 0.142 e. The predicted octanol–water partition coefficient (Wildman–Crippen LogP) is 4.22. The molecule has 0 unspecified atom stereocenters. The van der Waals surface area contributed by atoms with Gasteiger partial charge in [0.2, 0.25) is 0 Å². The van der Waals surface area contributed by atoms with E-state index in [1.807, 2.05) is 6.07 Å². The molecular formula is C17H12FN5S. The van der Waals surface area contributed by atoms with E-state index in [2.05, 4.69) is 21.9 Å². The third-order valence-corrected chi connectivity index (χ3v) is 4.23. The lowest BCUT2D eigenvalue weighted by atomic mass is 10.2. The Labute approximate surface area is 142 Å². The van der Waals surface area contributed by atoms with Crippen LogP contribution in [0.5, 0.6) is 0 Å². The number of thioether (sulfide) groups is 1. The number of rotatable bonds is 4. The summed E-state index contributed by atoms with van der Waals surface area (Å²) in [4.78, 5) is 9.47. The van der Waals surface area contributed by atoms with Crippen LogP contribution in [0.1, 0.15) is 0 Å². The molecule has 0 saturated heterocycles. The Kier molecular flexibility index (Phi) is 4.31. The van der Waals surface area contributed by atoms with E-state index in [9.17, 15) is 4.39 Å². The quantitative estimate of drug-likeness (QED) is 0.421. The van der Waals surface area contributed by atoms with Crippen LogP contribution in [0.3, 0.4) is 0 Å². The third-order valence-electron chi connectivity index (χ3n) is 3.24. The number of allylic oxidation sites excluding steroid dienone is 1. The van der Waals surface area contributed by atoms with Crippen molar-refractivity contribution in [2.24, 2.45) is 0 Å². The highest BCUT2D eigenvalue weighted by atomic mass is 32.2. The van der Waals surface area contributed by atoms with E-state index in [0.717, 1.165) is 0 Å². The van der Waals surface area contributed by atoms with Crippen molar-refractivity contribution in [1.29, 1.82) is 5.26 Å². The Balaban J connectivity index is 2.13. The molecule has 3 rings (SSSR count). The van der Waals surface area contributed by atoms with E-state index in [1.165, 1.54) is 30.2 Å². The van der Waals surface area contributed by atoms with Crippen molar-refractivity contribution in [3.63, 3.8) is 0 Å². The third kappa shape index (κ3) is 3.14. The van der Waals surface area contributed by atoms with Crippen LogP contribution < -0.4 is 11.1 Å². The zero-order valence-corrected chi connectivity index (χ0v) is 13.3. The molecule has 0 aliphatic carbocycles. The fourth-order valence-electron chi connectivity index (χ4n) is 2.16. The summed E-state index contributed by atoms with van der Waals surface area (Å²) in [7, 11) is 0. The van der Waals surface area contributed by atoms with Crippen molar-refractivity contribution < 1.29 is 4.39 Å². The largest absolute Gasteiger partial charge is 0.398 e. The summed E-state index contributed by atoms with van der Waals surface area (Å²) >= 11 is 1.17. The van der Waals surface area contributed by atoms with Crippen LogP contribution >= 0.6 is 11.8 Å². The van der Waals surface area contributed by atoms with Gasteiger partial charge in [-0.25, -0.2) is 14.4 Å². The molecule has 0 spiro atoms.